The third-order valence-corrected chi connectivity index (χ3v) is 4.48. The number of nitrogens with zero attached hydrogens (tertiary/aromatic N) is 2. The summed E-state index contributed by atoms with van der Waals surface area (Å²) in [6.07, 6.45) is 0. The molecule has 150 valence electrons. The van der Waals surface area contributed by atoms with Gasteiger partial charge in [0.05, 0.1) is 12.8 Å². The van der Waals surface area contributed by atoms with E-state index in [4.69, 9.17) is 10.0 Å². The Morgan fingerprint density at radius 2 is 1.55 bits per heavy atom. The van der Waals surface area contributed by atoms with Crippen molar-refractivity contribution < 1.29 is 19.6 Å². The number of amides is 2. The molecule has 0 spiro atoms. The normalized spacial score (nSPS) is 10.9. The second-order valence-electron chi connectivity index (χ2n) is 6.90. The first-order chi connectivity index (χ1) is 13.9. The van der Waals surface area contributed by atoms with Crippen molar-refractivity contribution in [3.63, 3.8) is 0 Å². The van der Waals surface area contributed by atoms with Crippen LogP contribution in [-0.2, 0) is 11.4 Å². The van der Waals surface area contributed by atoms with E-state index < -0.39 is 5.91 Å². The summed E-state index contributed by atoms with van der Waals surface area (Å²) < 4.78 is 0. The van der Waals surface area contributed by atoms with Crippen molar-refractivity contribution in [3.8, 4) is 0 Å². The third kappa shape index (κ3) is 4.60. The molecule has 29 heavy (non-hydrogen) atoms. The first kappa shape index (κ1) is 20.5. The Hall–Kier alpha value is -3.26. The first-order valence-electron chi connectivity index (χ1n) is 9.03. The molecule has 2 amide bonds. The van der Waals surface area contributed by atoms with Crippen LogP contribution >= 0.6 is 0 Å². The average molecular weight is 393 g/mol. The molecule has 0 atom stereocenters. The molecule has 0 aromatic heterocycles. The zero-order valence-electron chi connectivity index (χ0n) is 16.5. The van der Waals surface area contributed by atoms with Crippen LogP contribution in [0.4, 0.5) is 5.69 Å². The van der Waals surface area contributed by atoms with Gasteiger partial charge >= 0.3 is 0 Å². The molecule has 0 radical (unpaired) electrons. The molecule has 0 aliphatic heterocycles. The third-order valence-electron chi connectivity index (χ3n) is 4.48. The Labute approximate surface area is 169 Å². The molecule has 7 nitrogen and oxygen atoms in total. The highest BCUT2D eigenvalue weighted by Gasteiger charge is 2.19. The van der Waals surface area contributed by atoms with E-state index in [0.29, 0.717) is 11.3 Å². The molecular formula is C22H23N3O4. The SMILES string of the molecule is CON(C(=O)c1ccc(C(=O)NO)cc1)c1ccc2cc(CN(C)C)ccc2c1. The maximum absolute atomic E-state index is 12.9. The van der Waals surface area contributed by atoms with E-state index in [1.54, 1.807) is 5.48 Å². The van der Waals surface area contributed by atoms with Gasteiger partial charge in [0.15, 0.2) is 0 Å². The van der Waals surface area contributed by atoms with Gasteiger partial charge in [0.1, 0.15) is 0 Å². The van der Waals surface area contributed by atoms with Gasteiger partial charge in [-0.15, -0.1) is 0 Å². The largest absolute Gasteiger partial charge is 0.305 e. The summed E-state index contributed by atoms with van der Waals surface area (Å²) in [6.45, 7) is 0.852. The summed E-state index contributed by atoms with van der Waals surface area (Å²) in [6, 6.07) is 17.8. The minimum Gasteiger partial charge on any atom is -0.305 e. The maximum Gasteiger partial charge on any atom is 0.282 e. The predicted molar refractivity (Wildman–Crippen MR) is 111 cm³/mol. The number of fused-ring (bicyclic) bond motifs is 1. The number of nitrogens with one attached hydrogen (secondary N) is 1. The average Bonchev–Trinajstić information content (AvgIpc) is 2.73. The Bertz CT molecular complexity index is 1030. The van der Waals surface area contributed by atoms with E-state index in [-0.39, 0.29) is 11.5 Å². The van der Waals surface area contributed by atoms with E-state index in [1.807, 2.05) is 38.4 Å². The van der Waals surface area contributed by atoms with Crippen LogP contribution in [0.2, 0.25) is 0 Å². The summed E-state index contributed by atoms with van der Waals surface area (Å²) in [5.74, 6) is -1.01. The molecule has 7 heteroatoms. The Kier molecular flexibility index (Phi) is 6.23. The van der Waals surface area contributed by atoms with Crippen LogP contribution in [0.15, 0.2) is 60.7 Å². The fraction of sp³-hybridized carbons (Fsp3) is 0.182. The van der Waals surface area contributed by atoms with Crippen molar-refractivity contribution >= 4 is 28.3 Å². The van der Waals surface area contributed by atoms with Gasteiger partial charge in [0, 0.05) is 17.7 Å². The molecule has 0 saturated carbocycles. The Morgan fingerprint density at radius 3 is 2.17 bits per heavy atom. The van der Waals surface area contributed by atoms with E-state index in [1.165, 1.54) is 42.0 Å². The number of anilines is 1. The number of benzene rings is 3. The zero-order chi connectivity index (χ0) is 21.0. The maximum atomic E-state index is 12.9. The monoisotopic (exact) mass is 393 g/mol. The molecule has 0 saturated heterocycles. The van der Waals surface area contributed by atoms with E-state index in [9.17, 15) is 9.59 Å². The molecule has 0 bridgehead atoms. The number of hydrogen-bond acceptors (Lipinski definition) is 5. The topological polar surface area (TPSA) is 82.1 Å². The van der Waals surface area contributed by atoms with Gasteiger partial charge in [0.2, 0.25) is 0 Å². The summed E-state index contributed by atoms with van der Waals surface area (Å²) in [4.78, 5) is 31.8. The number of hydrogen-bond donors (Lipinski definition) is 2. The molecule has 0 fully saturated rings. The lowest BCUT2D eigenvalue weighted by Crippen LogP contribution is -2.29. The molecule has 3 aromatic rings. The minimum atomic E-state index is -0.643. The van der Waals surface area contributed by atoms with Crippen LogP contribution in [-0.4, -0.2) is 43.1 Å². The molecule has 0 aliphatic carbocycles. The highest BCUT2D eigenvalue weighted by molar-refractivity contribution is 6.06. The Balaban J connectivity index is 1.87. The van der Waals surface area contributed by atoms with E-state index >= 15 is 0 Å². The van der Waals surface area contributed by atoms with Gasteiger partial charge in [-0.25, -0.2) is 5.48 Å². The second kappa shape index (κ2) is 8.83. The van der Waals surface area contributed by atoms with Gasteiger partial charge in [0.25, 0.3) is 11.8 Å². The predicted octanol–water partition coefficient (Wildman–Crippen LogP) is 3.23. The van der Waals surface area contributed by atoms with Crippen LogP contribution < -0.4 is 10.5 Å². The lowest BCUT2D eigenvalue weighted by atomic mass is 10.1. The second-order valence-corrected chi connectivity index (χ2v) is 6.90. The van der Waals surface area contributed by atoms with Crippen molar-refractivity contribution in [1.82, 2.24) is 10.4 Å². The van der Waals surface area contributed by atoms with Crippen molar-refractivity contribution in [3.05, 3.63) is 77.4 Å². The highest BCUT2D eigenvalue weighted by atomic mass is 16.7. The standard InChI is InChI=1S/C22H23N3O4/c1-24(2)14-15-4-5-19-13-20(11-10-18(19)12-15)25(29-3)22(27)17-8-6-16(7-9-17)21(26)23-28/h4-13,28H,14H2,1-3H3,(H,23,26). The number of hydroxylamine groups is 2. The lowest BCUT2D eigenvalue weighted by molar-refractivity contribution is 0.0705. The van der Waals surface area contributed by atoms with Crippen molar-refractivity contribution in [1.29, 1.82) is 0 Å². The van der Waals surface area contributed by atoms with Gasteiger partial charge in [-0.1, -0.05) is 18.2 Å². The zero-order valence-corrected chi connectivity index (χ0v) is 16.5. The quantitative estimate of drug-likeness (QED) is 0.496. The first-order valence-corrected chi connectivity index (χ1v) is 9.03. The summed E-state index contributed by atoms with van der Waals surface area (Å²) >= 11 is 0. The summed E-state index contributed by atoms with van der Waals surface area (Å²) in [5, 5.41) is 12.0. The fourth-order valence-electron chi connectivity index (χ4n) is 3.12. The van der Waals surface area contributed by atoms with Crippen LogP contribution in [0.1, 0.15) is 26.3 Å². The van der Waals surface area contributed by atoms with Gasteiger partial charge in [-0.05, 0) is 72.9 Å². The summed E-state index contributed by atoms with van der Waals surface area (Å²) in [5.41, 5.74) is 3.96. The van der Waals surface area contributed by atoms with Crippen LogP contribution in [0.3, 0.4) is 0 Å². The van der Waals surface area contributed by atoms with E-state index in [0.717, 1.165) is 17.3 Å². The van der Waals surface area contributed by atoms with Crippen molar-refractivity contribution in [2.45, 2.75) is 6.54 Å². The number of carbonyl (C=O) groups excluding carboxylic acids is 2. The Morgan fingerprint density at radius 1 is 0.931 bits per heavy atom. The molecule has 3 aromatic carbocycles. The molecule has 2 N–H and O–H groups in total. The molecule has 0 heterocycles. The van der Waals surface area contributed by atoms with Crippen LogP contribution in [0.25, 0.3) is 10.8 Å². The molecule has 0 aliphatic rings. The molecular weight excluding hydrogens is 370 g/mol. The minimum absolute atomic E-state index is 0.243. The molecule has 3 rings (SSSR count). The lowest BCUT2D eigenvalue weighted by Gasteiger charge is -2.20. The number of rotatable bonds is 6. The summed E-state index contributed by atoms with van der Waals surface area (Å²) in [7, 11) is 5.48. The molecule has 0 unspecified atom stereocenters. The van der Waals surface area contributed by atoms with Crippen molar-refractivity contribution in [2.75, 3.05) is 26.3 Å². The van der Waals surface area contributed by atoms with Crippen LogP contribution in [0, 0.1) is 0 Å². The van der Waals surface area contributed by atoms with Crippen LogP contribution in [0.5, 0.6) is 0 Å². The highest BCUT2D eigenvalue weighted by Crippen LogP contribution is 2.25. The van der Waals surface area contributed by atoms with Gasteiger partial charge in [-0.3, -0.25) is 19.6 Å². The van der Waals surface area contributed by atoms with Gasteiger partial charge in [-0.2, -0.15) is 5.06 Å². The smallest absolute Gasteiger partial charge is 0.282 e. The van der Waals surface area contributed by atoms with Crippen molar-refractivity contribution in [2.24, 2.45) is 0 Å². The van der Waals surface area contributed by atoms with Gasteiger partial charge < -0.3 is 4.90 Å². The van der Waals surface area contributed by atoms with E-state index in [2.05, 4.69) is 17.0 Å². The number of carbonyl (C=O) groups is 2. The fourth-order valence-corrected chi connectivity index (χ4v) is 3.12.